The summed E-state index contributed by atoms with van der Waals surface area (Å²) >= 11 is 0. The lowest BCUT2D eigenvalue weighted by Crippen LogP contribution is -2.43. The molecule has 1 aliphatic heterocycles. The lowest BCUT2D eigenvalue weighted by Gasteiger charge is -2.34. The zero-order chi connectivity index (χ0) is 13.9. The molecule has 1 aliphatic rings. The summed E-state index contributed by atoms with van der Waals surface area (Å²) < 4.78 is 5.74. The van der Waals surface area contributed by atoms with Crippen LogP contribution in [-0.2, 0) is 0 Å². The molecule has 3 heteroatoms. The van der Waals surface area contributed by atoms with Gasteiger partial charge >= 0.3 is 0 Å². The Hall–Kier alpha value is -1.06. The summed E-state index contributed by atoms with van der Waals surface area (Å²) in [7, 11) is 0. The summed E-state index contributed by atoms with van der Waals surface area (Å²) in [6.07, 6.45) is 1.81. The van der Waals surface area contributed by atoms with Crippen molar-refractivity contribution >= 4 is 0 Å². The predicted octanol–water partition coefficient (Wildman–Crippen LogP) is 2.90. The number of aliphatic hydroxyl groups is 1. The molecular formula is C16H25NO2. The van der Waals surface area contributed by atoms with Crippen molar-refractivity contribution in [3.8, 4) is 5.75 Å². The van der Waals surface area contributed by atoms with Crippen LogP contribution in [0.15, 0.2) is 24.3 Å². The molecule has 0 saturated carbocycles. The summed E-state index contributed by atoms with van der Waals surface area (Å²) in [5.41, 5.74) is 0.565. The third-order valence-electron chi connectivity index (χ3n) is 3.82. The molecule has 0 fully saturated rings. The second-order valence-corrected chi connectivity index (χ2v) is 5.93. The summed E-state index contributed by atoms with van der Waals surface area (Å²) in [5, 5.41) is 13.8. The van der Waals surface area contributed by atoms with Gasteiger partial charge in [-0.15, -0.1) is 0 Å². The Kier molecular flexibility index (Phi) is 4.48. The summed E-state index contributed by atoms with van der Waals surface area (Å²) in [5.74, 6) is 1.38. The number of benzene rings is 1. The van der Waals surface area contributed by atoms with Gasteiger partial charge in [0.15, 0.2) is 0 Å². The van der Waals surface area contributed by atoms with Crippen LogP contribution in [-0.4, -0.2) is 23.9 Å². The SMILES string of the molecule is CCCC(C)(O)CNC1c2ccccc2OCC1C. The first-order chi connectivity index (χ1) is 9.03. The molecule has 0 aromatic heterocycles. The molecule has 0 amide bonds. The largest absolute Gasteiger partial charge is 0.493 e. The average molecular weight is 263 g/mol. The number of hydrogen-bond acceptors (Lipinski definition) is 3. The minimum Gasteiger partial charge on any atom is -0.493 e. The molecule has 3 nitrogen and oxygen atoms in total. The monoisotopic (exact) mass is 263 g/mol. The van der Waals surface area contributed by atoms with E-state index in [9.17, 15) is 5.11 Å². The lowest BCUT2D eigenvalue weighted by molar-refractivity contribution is 0.0421. The molecular weight excluding hydrogens is 238 g/mol. The van der Waals surface area contributed by atoms with E-state index in [0.29, 0.717) is 12.5 Å². The topological polar surface area (TPSA) is 41.5 Å². The average Bonchev–Trinajstić information content (AvgIpc) is 2.37. The highest BCUT2D eigenvalue weighted by Crippen LogP contribution is 2.35. The second kappa shape index (κ2) is 5.93. The molecule has 1 aromatic carbocycles. The third-order valence-corrected chi connectivity index (χ3v) is 3.82. The van der Waals surface area contributed by atoms with Crippen LogP contribution < -0.4 is 10.1 Å². The fourth-order valence-corrected chi connectivity index (χ4v) is 2.76. The maximum Gasteiger partial charge on any atom is 0.124 e. The normalized spacial score (nSPS) is 25.3. The molecule has 0 bridgehead atoms. The van der Waals surface area contributed by atoms with Crippen LogP contribution in [0, 0.1) is 5.92 Å². The van der Waals surface area contributed by atoms with Gasteiger partial charge in [-0.25, -0.2) is 0 Å². The molecule has 2 N–H and O–H groups in total. The van der Waals surface area contributed by atoms with Gasteiger partial charge in [0.05, 0.1) is 12.2 Å². The smallest absolute Gasteiger partial charge is 0.124 e. The van der Waals surface area contributed by atoms with Gasteiger partial charge in [-0.3, -0.25) is 0 Å². The fraction of sp³-hybridized carbons (Fsp3) is 0.625. The van der Waals surface area contributed by atoms with Crippen molar-refractivity contribution in [2.45, 2.75) is 45.3 Å². The van der Waals surface area contributed by atoms with Crippen molar-refractivity contribution in [2.75, 3.05) is 13.2 Å². The number of rotatable bonds is 5. The Morgan fingerprint density at radius 3 is 2.89 bits per heavy atom. The fourth-order valence-electron chi connectivity index (χ4n) is 2.76. The molecule has 0 spiro atoms. The molecule has 0 aliphatic carbocycles. The zero-order valence-corrected chi connectivity index (χ0v) is 12.1. The van der Waals surface area contributed by atoms with Gasteiger partial charge < -0.3 is 15.2 Å². The van der Waals surface area contributed by atoms with Crippen molar-refractivity contribution < 1.29 is 9.84 Å². The highest BCUT2D eigenvalue weighted by atomic mass is 16.5. The number of para-hydroxylation sites is 1. The third kappa shape index (κ3) is 3.48. The Morgan fingerprint density at radius 1 is 1.42 bits per heavy atom. The Bertz CT molecular complexity index is 417. The van der Waals surface area contributed by atoms with E-state index in [1.807, 2.05) is 25.1 Å². The number of nitrogens with one attached hydrogen (secondary N) is 1. The maximum absolute atomic E-state index is 10.3. The van der Waals surface area contributed by atoms with Gasteiger partial charge in [0.2, 0.25) is 0 Å². The molecule has 1 aromatic rings. The van der Waals surface area contributed by atoms with E-state index in [4.69, 9.17) is 4.74 Å². The molecule has 0 radical (unpaired) electrons. The maximum atomic E-state index is 10.3. The molecule has 1 heterocycles. The lowest BCUT2D eigenvalue weighted by atomic mass is 9.91. The van der Waals surface area contributed by atoms with Crippen molar-refractivity contribution in [3.05, 3.63) is 29.8 Å². The molecule has 19 heavy (non-hydrogen) atoms. The van der Waals surface area contributed by atoms with Crippen molar-refractivity contribution in [1.29, 1.82) is 0 Å². The molecule has 3 unspecified atom stereocenters. The predicted molar refractivity (Wildman–Crippen MR) is 77.4 cm³/mol. The number of fused-ring (bicyclic) bond motifs is 1. The van der Waals surface area contributed by atoms with E-state index >= 15 is 0 Å². The van der Waals surface area contributed by atoms with E-state index in [1.165, 1.54) is 5.56 Å². The van der Waals surface area contributed by atoms with Crippen LogP contribution in [0.25, 0.3) is 0 Å². The minimum atomic E-state index is -0.637. The van der Waals surface area contributed by atoms with E-state index in [-0.39, 0.29) is 6.04 Å². The van der Waals surface area contributed by atoms with Gasteiger partial charge in [0.25, 0.3) is 0 Å². The van der Waals surface area contributed by atoms with Crippen LogP contribution >= 0.6 is 0 Å². The van der Waals surface area contributed by atoms with E-state index in [0.717, 1.165) is 25.2 Å². The Balaban J connectivity index is 2.07. The van der Waals surface area contributed by atoms with Crippen LogP contribution in [0.3, 0.4) is 0 Å². The molecule has 0 saturated heterocycles. The van der Waals surface area contributed by atoms with Crippen molar-refractivity contribution in [3.63, 3.8) is 0 Å². The van der Waals surface area contributed by atoms with E-state index in [2.05, 4.69) is 25.2 Å². The first kappa shape index (κ1) is 14.4. The molecule has 106 valence electrons. The Morgan fingerprint density at radius 2 is 2.16 bits per heavy atom. The van der Waals surface area contributed by atoms with E-state index < -0.39 is 5.60 Å². The Labute approximate surface area is 116 Å². The van der Waals surface area contributed by atoms with Gasteiger partial charge in [0, 0.05) is 24.1 Å². The summed E-state index contributed by atoms with van der Waals surface area (Å²) in [6, 6.07) is 8.42. The second-order valence-electron chi connectivity index (χ2n) is 5.93. The first-order valence-corrected chi connectivity index (χ1v) is 7.21. The molecule has 3 atom stereocenters. The van der Waals surface area contributed by atoms with Gasteiger partial charge in [-0.05, 0) is 19.4 Å². The van der Waals surface area contributed by atoms with Crippen LogP contribution in [0.1, 0.15) is 45.2 Å². The van der Waals surface area contributed by atoms with Gasteiger partial charge in [-0.1, -0.05) is 38.5 Å². The quantitative estimate of drug-likeness (QED) is 0.858. The summed E-state index contributed by atoms with van der Waals surface area (Å²) in [4.78, 5) is 0. The zero-order valence-electron chi connectivity index (χ0n) is 12.1. The number of hydrogen-bond donors (Lipinski definition) is 2. The molecule has 2 rings (SSSR count). The first-order valence-electron chi connectivity index (χ1n) is 7.21. The summed E-state index contributed by atoms with van der Waals surface area (Å²) in [6.45, 7) is 7.52. The number of ether oxygens (including phenoxy) is 1. The van der Waals surface area contributed by atoms with Gasteiger partial charge in [0.1, 0.15) is 5.75 Å². The van der Waals surface area contributed by atoms with Gasteiger partial charge in [-0.2, -0.15) is 0 Å². The van der Waals surface area contributed by atoms with Crippen LogP contribution in [0.4, 0.5) is 0 Å². The van der Waals surface area contributed by atoms with Crippen molar-refractivity contribution in [1.82, 2.24) is 5.32 Å². The minimum absolute atomic E-state index is 0.258. The van der Waals surface area contributed by atoms with E-state index in [1.54, 1.807) is 0 Å². The van der Waals surface area contributed by atoms with Crippen LogP contribution in [0.2, 0.25) is 0 Å². The highest BCUT2D eigenvalue weighted by Gasteiger charge is 2.29. The standard InChI is InChI=1S/C16H25NO2/c1-4-9-16(3,18)11-17-15-12(2)10-19-14-8-6-5-7-13(14)15/h5-8,12,15,17-18H,4,9-11H2,1-3H3. The van der Waals surface area contributed by atoms with Crippen LogP contribution in [0.5, 0.6) is 5.75 Å². The van der Waals surface area contributed by atoms with Crippen molar-refractivity contribution in [2.24, 2.45) is 5.92 Å². The highest BCUT2D eigenvalue weighted by molar-refractivity contribution is 5.37.